The van der Waals surface area contributed by atoms with Crippen molar-refractivity contribution in [1.82, 2.24) is 0 Å². The zero-order valence-electron chi connectivity index (χ0n) is 10.4. The molecule has 2 N–H and O–H groups in total. The molecule has 0 heterocycles. The van der Waals surface area contributed by atoms with Crippen molar-refractivity contribution in [2.24, 2.45) is 5.73 Å². The van der Waals surface area contributed by atoms with E-state index in [0.717, 1.165) is 36.8 Å². The van der Waals surface area contributed by atoms with Gasteiger partial charge < -0.3 is 5.73 Å². The summed E-state index contributed by atoms with van der Waals surface area (Å²) in [5, 5.41) is 0. The van der Waals surface area contributed by atoms with Crippen LogP contribution in [0.25, 0.3) is 0 Å². The molecule has 1 nitrogen and oxygen atoms in total. The predicted octanol–water partition coefficient (Wildman–Crippen LogP) is 3.71. The monoisotopic (exact) mass is 235 g/mol. The molecule has 0 aromatic heterocycles. The Morgan fingerprint density at radius 3 is 2.53 bits per heavy atom. The second kappa shape index (κ2) is 5.63. The summed E-state index contributed by atoms with van der Waals surface area (Å²) in [5.74, 6) is 0. The lowest BCUT2D eigenvalue weighted by atomic mass is 9.79. The summed E-state index contributed by atoms with van der Waals surface area (Å²) < 4.78 is 15.0. The molecule has 2 heteroatoms. The molecule has 0 saturated heterocycles. The molecule has 0 aliphatic heterocycles. The first-order valence-corrected chi connectivity index (χ1v) is 6.74. The third-order valence-electron chi connectivity index (χ3n) is 3.80. The molecule has 1 aliphatic carbocycles. The van der Waals surface area contributed by atoms with E-state index in [4.69, 9.17) is 5.73 Å². The van der Waals surface area contributed by atoms with E-state index < -0.39 is 5.67 Å². The Morgan fingerprint density at radius 2 is 1.82 bits per heavy atom. The molecule has 0 radical (unpaired) electrons. The molecule has 1 aromatic carbocycles. The van der Waals surface area contributed by atoms with Gasteiger partial charge in [0.05, 0.1) is 0 Å². The van der Waals surface area contributed by atoms with Gasteiger partial charge in [0, 0.05) is 0 Å². The molecule has 1 saturated carbocycles. The van der Waals surface area contributed by atoms with Crippen molar-refractivity contribution in [2.45, 2.75) is 50.6 Å². The maximum atomic E-state index is 15.0. The first-order valence-electron chi connectivity index (χ1n) is 6.74. The summed E-state index contributed by atoms with van der Waals surface area (Å²) in [5.41, 5.74) is 6.54. The average molecular weight is 235 g/mol. The van der Waals surface area contributed by atoms with Crippen molar-refractivity contribution >= 4 is 0 Å². The quantitative estimate of drug-likeness (QED) is 0.846. The molecule has 2 rings (SSSR count). The van der Waals surface area contributed by atoms with Crippen LogP contribution in [0.4, 0.5) is 4.39 Å². The second-order valence-electron chi connectivity index (χ2n) is 5.08. The number of benzene rings is 1. The summed E-state index contributed by atoms with van der Waals surface area (Å²) >= 11 is 0. The highest BCUT2D eigenvalue weighted by Crippen LogP contribution is 2.42. The fourth-order valence-corrected chi connectivity index (χ4v) is 2.85. The smallest absolute Gasteiger partial charge is 0.136 e. The average Bonchev–Trinajstić information content (AvgIpc) is 2.37. The Balaban J connectivity index is 2.23. The molecule has 1 fully saturated rings. The van der Waals surface area contributed by atoms with Gasteiger partial charge in [0.1, 0.15) is 5.67 Å². The standard InChI is InChI=1S/C15H22FN/c16-15(10-4-1-5-11-15)14-9-3-2-7-13(14)8-6-12-17/h2-3,7,9H,1,4-6,8,10-12,17H2. The zero-order chi connectivity index (χ0) is 12.1. The Bertz CT molecular complexity index is 356. The number of hydrogen-bond donors (Lipinski definition) is 1. The number of hydrogen-bond acceptors (Lipinski definition) is 1. The van der Waals surface area contributed by atoms with Crippen LogP contribution < -0.4 is 5.73 Å². The number of aryl methyl sites for hydroxylation is 1. The minimum Gasteiger partial charge on any atom is -0.330 e. The molecular weight excluding hydrogens is 213 g/mol. The molecule has 17 heavy (non-hydrogen) atoms. The maximum absolute atomic E-state index is 15.0. The number of nitrogens with two attached hydrogens (primary N) is 1. The molecule has 0 atom stereocenters. The zero-order valence-corrected chi connectivity index (χ0v) is 10.4. The first-order chi connectivity index (χ1) is 8.26. The van der Waals surface area contributed by atoms with Crippen LogP contribution >= 0.6 is 0 Å². The van der Waals surface area contributed by atoms with Gasteiger partial charge in [0.2, 0.25) is 0 Å². The lowest BCUT2D eigenvalue weighted by Gasteiger charge is -2.31. The summed E-state index contributed by atoms with van der Waals surface area (Å²) in [7, 11) is 0. The van der Waals surface area contributed by atoms with E-state index in [1.54, 1.807) is 0 Å². The summed E-state index contributed by atoms with van der Waals surface area (Å²) in [6.07, 6.45) is 6.42. The van der Waals surface area contributed by atoms with Crippen LogP contribution in [0.5, 0.6) is 0 Å². The van der Waals surface area contributed by atoms with Crippen molar-refractivity contribution in [3.05, 3.63) is 35.4 Å². The van der Waals surface area contributed by atoms with Crippen LogP contribution in [0.3, 0.4) is 0 Å². The molecule has 94 valence electrons. The van der Waals surface area contributed by atoms with Crippen LogP contribution in [-0.2, 0) is 12.1 Å². The first kappa shape index (κ1) is 12.6. The summed E-state index contributed by atoms with van der Waals surface area (Å²) in [6, 6.07) is 7.98. The van der Waals surface area contributed by atoms with Crippen LogP contribution in [0.15, 0.2) is 24.3 Å². The van der Waals surface area contributed by atoms with Crippen LogP contribution in [0, 0.1) is 0 Å². The van der Waals surface area contributed by atoms with E-state index in [0.29, 0.717) is 19.4 Å². The highest BCUT2D eigenvalue weighted by atomic mass is 19.1. The largest absolute Gasteiger partial charge is 0.330 e. The van der Waals surface area contributed by atoms with Gasteiger partial charge in [-0.1, -0.05) is 30.7 Å². The Labute approximate surface area is 103 Å². The molecule has 0 spiro atoms. The van der Waals surface area contributed by atoms with Gasteiger partial charge >= 0.3 is 0 Å². The topological polar surface area (TPSA) is 26.0 Å². The van der Waals surface area contributed by atoms with E-state index in [1.807, 2.05) is 18.2 Å². The lowest BCUT2D eigenvalue weighted by molar-refractivity contribution is 0.105. The van der Waals surface area contributed by atoms with Crippen LogP contribution in [0.1, 0.15) is 49.7 Å². The Hall–Kier alpha value is -0.890. The van der Waals surface area contributed by atoms with Gasteiger partial charge in [0.15, 0.2) is 0 Å². The van der Waals surface area contributed by atoms with E-state index >= 15 is 0 Å². The van der Waals surface area contributed by atoms with Gasteiger partial charge in [-0.05, 0) is 56.2 Å². The third-order valence-corrected chi connectivity index (χ3v) is 3.80. The fourth-order valence-electron chi connectivity index (χ4n) is 2.85. The molecule has 1 aliphatic rings. The van der Waals surface area contributed by atoms with Crippen molar-refractivity contribution in [3.8, 4) is 0 Å². The van der Waals surface area contributed by atoms with Gasteiger partial charge in [-0.15, -0.1) is 0 Å². The van der Waals surface area contributed by atoms with Crippen molar-refractivity contribution in [1.29, 1.82) is 0 Å². The Morgan fingerprint density at radius 1 is 1.12 bits per heavy atom. The highest BCUT2D eigenvalue weighted by Gasteiger charge is 2.34. The number of alkyl halides is 1. The van der Waals surface area contributed by atoms with E-state index in [2.05, 4.69) is 6.07 Å². The summed E-state index contributed by atoms with van der Waals surface area (Å²) in [6.45, 7) is 0.674. The van der Waals surface area contributed by atoms with Crippen LogP contribution in [0.2, 0.25) is 0 Å². The van der Waals surface area contributed by atoms with Crippen LogP contribution in [-0.4, -0.2) is 6.54 Å². The van der Waals surface area contributed by atoms with E-state index in [-0.39, 0.29) is 0 Å². The maximum Gasteiger partial charge on any atom is 0.136 e. The fraction of sp³-hybridized carbons (Fsp3) is 0.600. The lowest BCUT2D eigenvalue weighted by Crippen LogP contribution is -2.25. The second-order valence-corrected chi connectivity index (χ2v) is 5.08. The minimum atomic E-state index is -1.08. The van der Waals surface area contributed by atoms with Gasteiger partial charge in [0.25, 0.3) is 0 Å². The molecule has 0 amide bonds. The summed E-state index contributed by atoms with van der Waals surface area (Å²) in [4.78, 5) is 0. The van der Waals surface area contributed by atoms with Crippen molar-refractivity contribution in [3.63, 3.8) is 0 Å². The highest BCUT2D eigenvalue weighted by molar-refractivity contribution is 5.33. The third kappa shape index (κ3) is 2.86. The van der Waals surface area contributed by atoms with E-state index in [1.165, 1.54) is 6.42 Å². The van der Waals surface area contributed by atoms with E-state index in [9.17, 15) is 4.39 Å². The number of rotatable bonds is 4. The van der Waals surface area contributed by atoms with Crippen molar-refractivity contribution in [2.75, 3.05) is 6.54 Å². The normalized spacial score (nSPS) is 19.2. The van der Waals surface area contributed by atoms with Gasteiger partial charge in [-0.25, -0.2) is 4.39 Å². The van der Waals surface area contributed by atoms with Gasteiger partial charge in [-0.3, -0.25) is 0 Å². The molecule has 1 aromatic rings. The van der Waals surface area contributed by atoms with Crippen molar-refractivity contribution < 1.29 is 4.39 Å². The van der Waals surface area contributed by atoms with Gasteiger partial charge in [-0.2, -0.15) is 0 Å². The number of halogens is 1. The Kier molecular flexibility index (Phi) is 4.16. The molecule has 0 unspecified atom stereocenters. The minimum absolute atomic E-state index is 0.674. The SMILES string of the molecule is NCCCc1ccccc1C1(F)CCCCC1. The predicted molar refractivity (Wildman–Crippen MR) is 69.7 cm³/mol. The molecular formula is C15H22FN. The molecule has 0 bridgehead atoms.